The molecular weight excluding hydrogens is 382 g/mol. The smallest absolute Gasteiger partial charge is 0.229 e. The number of rotatable bonds is 6. The van der Waals surface area contributed by atoms with Crippen LogP contribution in [-0.2, 0) is 4.79 Å². The third kappa shape index (κ3) is 3.90. The first-order valence-electron chi connectivity index (χ1n) is 11.3. The highest BCUT2D eigenvalue weighted by Crippen LogP contribution is 2.59. The Balaban J connectivity index is 1.18. The van der Waals surface area contributed by atoms with E-state index in [1.54, 1.807) is 0 Å². The predicted molar refractivity (Wildman–Crippen MR) is 121 cm³/mol. The van der Waals surface area contributed by atoms with Crippen molar-refractivity contribution in [2.24, 2.45) is 16.7 Å². The summed E-state index contributed by atoms with van der Waals surface area (Å²) in [5, 5.41) is 0.796. The maximum atomic E-state index is 13.1. The molecule has 2 saturated heterocycles. The molecule has 0 N–H and O–H groups in total. The van der Waals surface area contributed by atoms with E-state index in [4.69, 9.17) is 11.6 Å². The minimum atomic E-state index is -0.145. The number of anilines is 1. The lowest BCUT2D eigenvalue weighted by atomic mass is 9.62. The van der Waals surface area contributed by atoms with E-state index in [9.17, 15) is 4.79 Å². The molecule has 2 bridgehead atoms. The van der Waals surface area contributed by atoms with E-state index >= 15 is 0 Å². The highest BCUT2D eigenvalue weighted by Gasteiger charge is 2.60. The molecule has 4 rings (SSSR count). The van der Waals surface area contributed by atoms with Gasteiger partial charge in [0, 0.05) is 50.0 Å². The van der Waals surface area contributed by atoms with Crippen LogP contribution in [0.4, 0.5) is 5.69 Å². The number of fused-ring (bicyclic) bond motifs is 2. The Morgan fingerprint density at radius 1 is 1.00 bits per heavy atom. The van der Waals surface area contributed by atoms with Crippen LogP contribution in [0.5, 0.6) is 0 Å². The van der Waals surface area contributed by atoms with E-state index in [-0.39, 0.29) is 10.8 Å². The summed E-state index contributed by atoms with van der Waals surface area (Å²) >= 11 is 6.00. The Morgan fingerprint density at radius 3 is 2.34 bits per heavy atom. The topological polar surface area (TPSA) is 26.8 Å². The minimum absolute atomic E-state index is 0.145. The molecule has 4 nitrogen and oxygen atoms in total. The monoisotopic (exact) mass is 417 g/mol. The van der Waals surface area contributed by atoms with Crippen LogP contribution < -0.4 is 4.90 Å². The molecular formula is C24H36ClN3O. The zero-order valence-electron chi connectivity index (χ0n) is 18.3. The Morgan fingerprint density at radius 2 is 1.66 bits per heavy atom. The molecule has 2 atom stereocenters. The first-order chi connectivity index (χ1) is 13.8. The molecule has 29 heavy (non-hydrogen) atoms. The number of amides is 1. The largest absolute Gasteiger partial charge is 0.369 e. The van der Waals surface area contributed by atoms with E-state index in [2.05, 4.69) is 47.6 Å². The highest BCUT2D eigenvalue weighted by molar-refractivity contribution is 6.30. The Labute approximate surface area is 181 Å². The van der Waals surface area contributed by atoms with Crippen molar-refractivity contribution in [3.63, 3.8) is 0 Å². The van der Waals surface area contributed by atoms with Crippen molar-refractivity contribution in [2.45, 2.75) is 46.5 Å². The number of nitrogens with zero attached hydrogens (tertiary/aromatic N) is 3. The van der Waals surface area contributed by atoms with Gasteiger partial charge in [-0.25, -0.2) is 0 Å². The molecule has 2 heterocycles. The summed E-state index contributed by atoms with van der Waals surface area (Å²) in [5.74, 6) is 1.08. The van der Waals surface area contributed by atoms with Gasteiger partial charge in [-0.15, -0.1) is 0 Å². The molecule has 0 radical (unpaired) electrons. The highest BCUT2D eigenvalue weighted by atomic mass is 35.5. The SMILES string of the molecule is CC1(C)C2CC[C@@]1(C)C(=O)N(CCCCN1CCN(c3ccc(Cl)cc3)CC1)C2. The molecule has 1 aliphatic carbocycles. The number of halogens is 1. The number of piperazine rings is 1. The van der Waals surface area contributed by atoms with Crippen LogP contribution in [0.25, 0.3) is 0 Å². The summed E-state index contributed by atoms with van der Waals surface area (Å²) in [6.07, 6.45) is 4.57. The third-order valence-electron chi connectivity index (χ3n) is 8.35. The summed E-state index contributed by atoms with van der Waals surface area (Å²) in [6.45, 7) is 14.2. The maximum Gasteiger partial charge on any atom is 0.229 e. The number of piperidine rings is 1. The van der Waals surface area contributed by atoms with Crippen LogP contribution in [0, 0.1) is 16.7 Å². The molecule has 1 saturated carbocycles. The van der Waals surface area contributed by atoms with E-state index < -0.39 is 0 Å². The second-order valence-corrected chi connectivity index (χ2v) is 10.5. The van der Waals surface area contributed by atoms with Gasteiger partial charge < -0.3 is 9.80 Å². The van der Waals surface area contributed by atoms with Crippen molar-refractivity contribution in [3.8, 4) is 0 Å². The van der Waals surface area contributed by atoms with Crippen molar-refractivity contribution in [1.29, 1.82) is 0 Å². The van der Waals surface area contributed by atoms with Gasteiger partial charge in [0.2, 0.25) is 5.91 Å². The Bertz CT molecular complexity index is 726. The van der Waals surface area contributed by atoms with Crippen molar-refractivity contribution < 1.29 is 4.79 Å². The molecule has 1 unspecified atom stereocenters. The van der Waals surface area contributed by atoms with Gasteiger partial charge in [0.25, 0.3) is 0 Å². The summed E-state index contributed by atoms with van der Waals surface area (Å²) in [5.41, 5.74) is 1.28. The van der Waals surface area contributed by atoms with Crippen LogP contribution >= 0.6 is 11.6 Å². The Hall–Kier alpha value is -1.26. The molecule has 1 aromatic carbocycles. The quantitative estimate of drug-likeness (QED) is 0.636. The summed E-state index contributed by atoms with van der Waals surface area (Å²) in [7, 11) is 0. The van der Waals surface area contributed by atoms with Gasteiger partial charge in [0.15, 0.2) is 0 Å². The molecule has 1 aromatic rings. The Kier molecular flexibility index (Phi) is 5.87. The molecule has 0 aromatic heterocycles. The number of likely N-dealkylation sites (tertiary alicyclic amines) is 1. The van der Waals surface area contributed by atoms with Crippen LogP contribution in [0.15, 0.2) is 24.3 Å². The average molecular weight is 418 g/mol. The van der Waals surface area contributed by atoms with Gasteiger partial charge in [-0.3, -0.25) is 9.69 Å². The van der Waals surface area contributed by atoms with Crippen LogP contribution in [0.3, 0.4) is 0 Å². The fourth-order valence-electron chi connectivity index (χ4n) is 5.71. The lowest BCUT2D eigenvalue weighted by molar-refractivity contribution is -0.155. The van der Waals surface area contributed by atoms with E-state index in [0.717, 1.165) is 63.7 Å². The molecule has 3 aliphatic rings. The first kappa shape index (κ1) is 21.0. The van der Waals surface area contributed by atoms with Crippen LogP contribution in [0.1, 0.15) is 46.5 Å². The predicted octanol–water partition coefficient (Wildman–Crippen LogP) is 4.53. The zero-order chi connectivity index (χ0) is 20.6. The van der Waals surface area contributed by atoms with E-state index in [1.165, 1.54) is 18.5 Å². The molecule has 0 spiro atoms. The summed E-state index contributed by atoms with van der Waals surface area (Å²) < 4.78 is 0. The van der Waals surface area contributed by atoms with E-state index in [0.29, 0.717) is 11.8 Å². The van der Waals surface area contributed by atoms with Crippen molar-refractivity contribution in [2.75, 3.05) is 50.7 Å². The second-order valence-electron chi connectivity index (χ2n) is 10.1. The van der Waals surface area contributed by atoms with Gasteiger partial charge >= 0.3 is 0 Å². The number of benzene rings is 1. The van der Waals surface area contributed by atoms with Crippen molar-refractivity contribution >= 4 is 23.2 Å². The van der Waals surface area contributed by atoms with Crippen molar-refractivity contribution in [3.05, 3.63) is 29.3 Å². The van der Waals surface area contributed by atoms with Crippen LogP contribution in [0.2, 0.25) is 5.02 Å². The maximum absolute atomic E-state index is 13.1. The number of unbranched alkanes of at least 4 members (excludes halogenated alkanes) is 1. The van der Waals surface area contributed by atoms with Gasteiger partial charge in [-0.05, 0) is 67.8 Å². The summed E-state index contributed by atoms with van der Waals surface area (Å²) in [4.78, 5) is 20.3. The number of hydrogen-bond acceptors (Lipinski definition) is 3. The molecule has 5 heteroatoms. The van der Waals surface area contributed by atoms with Gasteiger partial charge in [-0.2, -0.15) is 0 Å². The fraction of sp³-hybridized carbons (Fsp3) is 0.708. The van der Waals surface area contributed by atoms with Crippen molar-refractivity contribution in [1.82, 2.24) is 9.80 Å². The number of hydrogen-bond donors (Lipinski definition) is 0. The second kappa shape index (κ2) is 8.11. The standard InChI is InChI=1S/C24H36ClN3O/c1-23(2)19-10-11-24(23,3)22(29)28(18-19)13-5-4-12-26-14-16-27(17-15-26)21-8-6-20(25)7-9-21/h6-9,19H,4-5,10-18H2,1-3H3/t19?,24-/m0/s1. The average Bonchev–Trinajstić information content (AvgIpc) is 2.85. The van der Waals surface area contributed by atoms with E-state index in [1.807, 2.05) is 12.1 Å². The lowest BCUT2D eigenvalue weighted by Gasteiger charge is -2.49. The third-order valence-corrected chi connectivity index (χ3v) is 8.60. The van der Waals surface area contributed by atoms with Gasteiger partial charge in [-0.1, -0.05) is 32.4 Å². The van der Waals surface area contributed by atoms with Gasteiger partial charge in [0.05, 0.1) is 5.41 Å². The lowest BCUT2D eigenvalue weighted by Crippen LogP contribution is -2.56. The molecule has 1 amide bonds. The number of carbonyl (C=O) groups is 1. The first-order valence-corrected chi connectivity index (χ1v) is 11.7. The van der Waals surface area contributed by atoms with Crippen LogP contribution in [-0.4, -0.2) is 61.5 Å². The number of carbonyl (C=O) groups excluding carboxylic acids is 1. The fourth-order valence-corrected chi connectivity index (χ4v) is 5.83. The molecule has 2 aliphatic heterocycles. The zero-order valence-corrected chi connectivity index (χ0v) is 19.0. The molecule has 3 fully saturated rings. The normalized spacial score (nSPS) is 29.5. The molecule has 160 valence electrons. The summed E-state index contributed by atoms with van der Waals surface area (Å²) in [6, 6.07) is 8.17. The minimum Gasteiger partial charge on any atom is -0.369 e. The van der Waals surface area contributed by atoms with Gasteiger partial charge in [0.1, 0.15) is 0 Å².